The van der Waals surface area contributed by atoms with Gasteiger partial charge in [-0.2, -0.15) is 13.2 Å². The van der Waals surface area contributed by atoms with E-state index in [1.807, 2.05) is 0 Å². The van der Waals surface area contributed by atoms with Gasteiger partial charge in [0.05, 0.1) is 6.54 Å². The normalized spacial score (nSPS) is 15.6. The van der Waals surface area contributed by atoms with Crippen LogP contribution in [0.4, 0.5) is 26.3 Å². The molecule has 1 fully saturated rings. The molecular formula is C16H14F6N4O. The van der Waals surface area contributed by atoms with Crippen molar-refractivity contribution >= 4 is 17.6 Å². The molecule has 0 bridgehead atoms. The van der Waals surface area contributed by atoms with E-state index in [-0.39, 0.29) is 25.1 Å². The Morgan fingerprint density at radius 1 is 1.11 bits per heavy atom. The molecule has 1 aromatic carbocycles. The minimum absolute atomic E-state index is 0.149. The molecule has 0 radical (unpaired) electrons. The second-order valence-corrected chi connectivity index (χ2v) is 5.67. The summed E-state index contributed by atoms with van der Waals surface area (Å²) < 4.78 is 77.1. The maximum Gasteiger partial charge on any atom is 0.449 e. The molecule has 27 heavy (non-hydrogen) atoms. The zero-order valence-corrected chi connectivity index (χ0v) is 13.7. The summed E-state index contributed by atoms with van der Waals surface area (Å²) in [7, 11) is 0. The van der Waals surface area contributed by atoms with Gasteiger partial charge in [0.25, 0.3) is 0 Å². The predicted molar refractivity (Wildman–Crippen MR) is 84.0 cm³/mol. The Balaban J connectivity index is 1.96. The SMILES string of the molecule is N=C1CN(C(=O)/C=C/Cc2cc(F)c(F)cc2F)CCN1C(=N)C(F)(F)F. The van der Waals surface area contributed by atoms with Crippen LogP contribution in [0.5, 0.6) is 0 Å². The highest BCUT2D eigenvalue weighted by Crippen LogP contribution is 2.20. The summed E-state index contributed by atoms with van der Waals surface area (Å²) in [5.74, 6) is -6.42. The van der Waals surface area contributed by atoms with E-state index in [2.05, 4.69) is 0 Å². The largest absolute Gasteiger partial charge is 0.449 e. The predicted octanol–water partition coefficient (Wildman–Crippen LogP) is 2.86. The van der Waals surface area contributed by atoms with Crippen LogP contribution in [-0.4, -0.2) is 53.2 Å². The number of benzene rings is 1. The molecule has 0 saturated carbocycles. The Morgan fingerprint density at radius 2 is 1.74 bits per heavy atom. The first kappa shape index (κ1) is 20.5. The molecule has 1 aromatic rings. The lowest BCUT2D eigenvalue weighted by atomic mass is 10.1. The van der Waals surface area contributed by atoms with E-state index in [9.17, 15) is 31.1 Å². The standard InChI is InChI=1S/C16H14F6N4O/c17-10-7-12(19)11(18)6-9(10)2-1-3-14(27)25-4-5-26(13(23)8-25)15(24)16(20,21)22/h1,3,6-7,23-24H,2,4-5,8H2/b3-1+,23-13?,24-15?. The second-order valence-electron chi connectivity index (χ2n) is 5.67. The minimum atomic E-state index is -4.90. The van der Waals surface area contributed by atoms with Crippen LogP contribution in [0, 0.1) is 28.3 Å². The Morgan fingerprint density at radius 3 is 2.33 bits per heavy atom. The number of alkyl halides is 3. The van der Waals surface area contributed by atoms with Gasteiger partial charge in [-0.3, -0.25) is 15.6 Å². The Kier molecular flexibility index (Phi) is 5.91. The summed E-state index contributed by atoms with van der Waals surface area (Å²) in [4.78, 5) is 13.6. The molecule has 1 heterocycles. The zero-order valence-electron chi connectivity index (χ0n) is 13.7. The van der Waals surface area contributed by atoms with Gasteiger partial charge >= 0.3 is 6.18 Å². The highest BCUT2D eigenvalue weighted by molar-refractivity contribution is 6.03. The van der Waals surface area contributed by atoms with Crippen molar-refractivity contribution in [3.8, 4) is 0 Å². The summed E-state index contributed by atoms with van der Waals surface area (Å²) in [5.41, 5.74) is -0.172. The van der Waals surface area contributed by atoms with Crippen LogP contribution in [0.25, 0.3) is 0 Å². The quantitative estimate of drug-likeness (QED) is 0.273. The van der Waals surface area contributed by atoms with Gasteiger partial charge in [-0.1, -0.05) is 6.08 Å². The van der Waals surface area contributed by atoms with E-state index in [0.29, 0.717) is 17.0 Å². The van der Waals surface area contributed by atoms with Crippen molar-refractivity contribution in [2.45, 2.75) is 12.6 Å². The number of rotatable bonds is 3. The van der Waals surface area contributed by atoms with Crippen LogP contribution in [0.15, 0.2) is 24.3 Å². The van der Waals surface area contributed by atoms with E-state index in [1.54, 1.807) is 0 Å². The van der Waals surface area contributed by atoms with Crippen molar-refractivity contribution in [1.82, 2.24) is 9.80 Å². The van der Waals surface area contributed by atoms with Gasteiger partial charge in [0.2, 0.25) is 11.7 Å². The fraction of sp³-hybridized carbons (Fsp3) is 0.312. The van der Waals surface area contributed by atoms with Crippen molar-refractivity contribution in [2.75, 3.05) is 19.6 Å². The average Bonchev–Trinajstić information content (AvgIpc) is 2.57. The highest BCUT2D eigenvalue weighted by Gasteiger charge is 2.41. The Bertz CT molecular complexity index is 805. The number of nitrogens with zero attached hydrogens (tertiary/aromatic N) is 2. The third-order valence-corrected chi connectivity index (χ3v) is 3.80. The molecule has 1 amide bonds. The van der Waals surface area contributed by atoms with Crippen molar-refractivity contribution in [2.24, 2.45) is 0 Å². The molecule has 146 valence electrons. The number of halogens is 6. The van der Waals surface area contributed by atoms with Crippen molar-refractivity contribution in [3.63, 3.8) is 0 Å². The number of piperazine rings is 1. The summed E-state index contributed by atoms with van der Waals surface area (Å²) >= 11 is 0. The van der Waals surface area contributed by atoms with E-state index < -0.39 is 47.8 Å². The lowest BCUT2D eigenvalue weighted by Crippen LogP contribution is -2.56. The molecule has 0 aromatic heterocycles. The van der Waals surface area contributed by atoms with Gasteiger partial charge in [0, 0.05) is 19.2 Å². The van der Waals surface area contributed by atoms with E-state index in [4.69, 9.17) is 10.8 Å². The first-order valence-corrected chi connectivity index (χ1v) is 7.60. The number of nitrogens with one attached hydrogen (secondary N) is 2. The zero-order chi connectivity index (χ0) is 20.4. The van der Waals surface area contributed by atoms with Crippen LogP contribution in [0.1, 0.15) is 5.56 Å². The fourth-order valence-corrected chi connectivity index (χ4v) is 2.40. The fourth-order valence-electron chi connectivity index (χ4n) is 2.40. The van der Waals surface area contributed by atoms with Gasteiger partial charge in [0.15, 0.2) is 11.6 Å². The molecule has 5 nitrogen and oxygen atoms in total. The first-order valence-electron chi connectivity index (χ1n) is 7.60. The number of amides is 1. The monoisotopic (exact) mass is 392 g/mol. The molecule has 11 heteroatoms. The number of hydrogen-bond acceptors (Lipinski definition) is 3. The molecule has 1 saturated heterocycles. The topological polar surface area (TPSA) is 71.2 Å². The second kappa shape index (κ2) is 7.80. The van der Waals surface area contributed by atoms with E-state index in [0.717, 1.165) is 11.0 Å². The highest BCUT2D eigenvalue weighted by atomic mass is 19.4. The van der Waals surface area contributed by atoms with E-state index >= 15 is 0 Å². The van der Waals surface area contributed by atoms with Crippen molar-refractivity contribution < 1.29 is 31.1 Å². The average molecular weight is 392 g/mol. The molecule has 0 unspecified atom stereocenters. The smallest absolute Gasteiger partial charge is 0.330 e. The van der Waals surface area contributed by atoms with Gasteiger partial charge in [-0.05, 0) is 24.1 Å². The Hall–Kier alpha value is -2.85. The van der Waals surface area contributed by atoms with Crippen LogP contribution >= 0.6 is 0 Å². The number of hydrogen-bond donors (Lipinski definition) is 2. The van der Waals surface area contributed by atoms with Crippen LogP contribution in [0.3, 0.4) is 0 Å². The molecular weight excluding hydrogens is 378 g/mol. The van der Waals surface area contributed by atoms with E-state index in [1.165, 1.54) is 6.08 Å². The van der Waals surface area contributed by atoms with Crippen molar-refractivity contribution in [3.05, 3.63) is 47.3 Å². The summed E-state index contributed by atoms with van der Waals surface area (Å²) in [6.45, 7) is -0.945. The lowest BCUT2D eigenvalue weighted by Gasteiger charge is -2.36. The molecule has 1 aliphatic rings. The molecule has 0 aliphatic carbocycles. The minimum Gasteiger partial charge on any atom is -0.330 e. The number of carbonyl (C=O) groups excluding carboxylic acids is 1. The number of amidine groups is 2. The van der Waals surface area contributed by atoms with Gasteiger partial charge in [-0.25, -0.2) is 13.2 Å². The molecule has 2 rings (SSSR count). The third kappa shape index (κ3) is 4.86. The number of allylic oxidation sites excluding steroid dienone is 1. The summed E-state index contributed by atoms with van der Waals surface area (Å²) in [6.07, 6.45) is -2.89. The van der Waals surface area contributed by atoms with Crippen LogP contribution in [0.2, 0.25) is 0 Å². The first-order chi connectivity index (χ1) is 12.5. The van der Waals surface area contributed by atoms with Crippen molar-refractivity contribution in [1.29, 1.82) is 10.8 Å². The van der Waals surface area contributed by atoms with Crippen LogP contribution < -0.4 is 0 Å². The number of carbonyl (C=O) groups is 1. The maximum absolute atomic E-state index is 13.5. The maximum atomic E-state index is 13.5. The Labute approximate surface area is 149 Å². The molecule has 1 aliphatic heterocycles. The van der Waals surface area contributed by atoms with Gasteiger partial charge in [0.1, 0.15) is 11.7 Å². The van der Waals surface area contributed by atoms with Gasteiger partial charge in [-0.15, -0.1) is 0 Å². The molecule has 0 atom stereocenters. The third-order valence-electron chi connectivity index (χ3n) is 3.80. The van der Waals surface area contributed by atoms with Crippen LogP contribution in [-0.2, 0) is 11.2 Å². The molecule has 0 spiro atoms. The molecule has 2 N–H and O–H groups in total. The summed E-state index contributed by atoms with van der Waals surface area (Å²) in [6, 6.07) is 1.05. The van der Waals surface area contributed by atoms with Gasteiger partial charge < -0.3 is 9.80 Å². The lowest BCUT2D eigenvalue weighted by molar-refractivity contribution is -0.126. The summed E-state index contributed by atoms with van der Waals surface area (Å²) in [5, 5.41) is 14.7.